The van der Waals surface area contributed by atoms with Gasteiger partial charge in [-0.15, -0.1) is 0 Å². The zero-order chi connectivity index (χ0) is 14.3. The maximum atomic E-state index is 4.65. The molecule has 108 valence electrons. The van der Waals surface area contributed by atoms with Gasteiger partial charge in [0.25, 0.3) is 0 Å². The Balaban J connectivity index is 2.07. The summed E-state index contributed by atoms with van der Waals surface area (Å²) in [5, 5.41) is 5.64. The van der Waals surface area contributed by atoms with E-state index in [1.165, 1.54) is 6.42 Å². The fourth-order valence-electron chi connectivity index (χ4n) is 2.94. The van der Waals surface area contributed by atoms with Crippen LogP contribution in [0.3, 0.4) is 0 Å². The zero-order valence-electron chi connectivity index (χ0n) is 12.3. The van der Waals surface area contributed by atoms with Crippen molar-refractivity contribution in [1.82, 2.24) is 14.6 Å². The molecule has 0 spiro atoms. The lowest BCUT2D eigenvalue weighted by molar-refractivity contribution is 0.553. The molecular formula is C15H21BrN4. The molecule has 1 aliphatic rings. The van der Waals surface area contributed by atoms with Gasteiger partial charge in [0.2, 0.25) is 0 Å². The van der Waals surface area contributed by atoms with Crippen molar-refractivity contribution in [3.05, 3.63) is 24.2 Å². The molecule has 3 heterocycles. The Kier molecular flexibility index (Phi) is 3.71. The van der Waals surface area contributed by atoms with Crippen molar-refractivity contribution in [2.45, 2.75) is 39.2 Å². The molecule has 1 aliphatic heterocycles. The molecule has 0 radical (unpaired) electrons. The maximum absolute atomic E-state index is 4.65. The van der Waals surface area contributed by atoms with Crippen LogP contribution in [0.1, 0.15) is 38.8 Å². The molecular weight excluding hydrogens is 316 g/mol. The molecule has 2 aromatic rings. The summed E-state index contributed by atoms with van der Waals surface area (Å²) >= 11 is 3.65. The van der Waals surface area contributed by atoms with Gasteiger partial charge in [0.15, 0.2) is 5.82 Å². The summed E-state index contributed by atoms with van der Waals surface area (Å²) in [6.45, 7) is 7.75. The third kappa shape index (κ3) is 2.22. The van der Waals surface area contributed by atoms with Crippen molar-refractivity contribution in [3.63, 3.8) is 0 Å². The lowest BCUT2D eigenvalue weighted by Gasteiger charge is -2.26. The van der Waals surface area contributed by atoms with E-state index in [-0.39, 0.29) is 0 Å². The van der Waals surface area contributed by atoms with Crippen molar-refractivity contribution >= 4 is 27.3 Å². The van der Waals surface area contributed by atoms with Gasteiger partial charge in [0.1, 0.15) is 5.52 Å². The monoisotopic (exact) mass is 336 g/mol. The van der Waals surface area contributed by atoms with E-state index in [0.29, 0.717) is 17.9 Å². The van der Waals surface area contributed by atoms with Crippen molar-refractivity contribution in [3.8, 4) is 0 Å². The lowest BCUT2D eigenvalue weighted by atomic mass is 10.1. The van der Waals surface area contributed by atoms with E-state index in [4.69, 9.17) is 0 Å². The van der Waals surface area contributed by atoms with Gasteiger partial charge < -0.3 is 4.90 Å². The van der Waals surface area contributed by atoms with E-state index in [1.54, 1.807) is 0 Å². The second-order valence-corrected chi connectivity index (χ2v) is 6.63. The normalized spacial score (nSPS) is 23.1. The van der Waals surface area contributed by atoms with Crippen LogP contribution in [0.5, 0.6) is 0 Å². The number of fused-ring (bicyclic) bond motifs is 1. The highest BCUT2D eigenvalue weighted by molar-refractivity contribution is 9.09. The largest absolute Gasteiger partial charge is 0.351 e. The molecule has 2 unspecified atom stereocenters. The van der Waals surface area contributed by atoms with Gasteiger partial charge in [0, 0.05) is 30.3 Å². The minimum Gasteiger partial charge on any atom is -0.351 e. The number of aromatic nitrogens is 3. The summed E-state index contributed by atoms with van der Waals surface area (Å²) in [5.41, 5.74) is 2.25. The fourth-order valence-corrected chi connectivity index (χ4v) is 3.92. The van der Waals surface area contributed by atoms with Gasteiger partial charge in [-0.1, -0.05) is 36.7 Å². The van der Waals surface area contributed by atoms with Crippen LogP contribution in [-0.2, 0) is 0 Å². The van der Waals surface area contributed by atoms with Crippen LogP contribution in [0, 0.1) is 5.92 Å². The lowest BCUT2D eigenvalue weighted by Crippen LogP contribution is -2.34. The first-order valence-electron chi connectivity index (χ1n) is 7.28. The first-order valence-corrected chi connectivity index (χ1v) is 8.41. The summed E-state index contributed by atoms with van der Waals surface area (Å²) in [6.07, 6.45) is 5.02. The Hall–Kier alpha value is -1.10. The molecule has 2 atom stereocenters. The summed E-state index contributed by atoms with van der Waals surface area (Å²) in [4.78, 5) is 7.07. The molecule has 0 saturated carbocycles. The number of halogens is 1. The molecule has 3 rings (SSSR count). The third-order valence-electron chi connectivity index (χ3n) is 4.29. The second-order valence-electron chi connectivity index (χ2n) is 5.99. The minimum absolute atomic E-state index is 0.437. The Labute approximate surface area is 128 Å². The number of hydrogen-bond acceptors (Lipinski definition) is 3. The predicted octanol–water partition coefficient (Wildman–Crippen LogP) is 3.46. The average Bonchev–Trinajstić information content (AvgIpc) is 3.01. The smallest absolute Gasteiger partial charge is 0.154 e. The highest BCUT2D eigenvalue weighted by Crippen LogP contribution is 2.32. The maximum Gasteiger partial charge on any atom is 0.154 e. The molecule has 0 N–H and O–H groups in total. The summed E-state index contributed by atoms with van der Waals surface area (Å²) in [6, 6.07) is 2.70. The van der Waals surface area contributed by atoms with E-state index in [0.717, 1.165) is 28.9 Å². The first kappa shape index (κ1) is 13.9. The third-order valence-corrected chi connectivity index (χ3v) is 4.96. The predicted molar refractivity (Wildman–Crippen MR) is 85.8 cm³/mol. The molecule has 0 aromatic carbocycles. The van der Waals surface area contributed by atoms with Gasteiger partial charge in [-0.2, -0.15) is 5.10 Å². The zero-order valence-corrected chi connectivity index (χ0v) is 13.8. The summed E-state index contributed by atoms with van der Waals surface area (Å²) in [5.74, 6) is 2.21. The highest BCUT2D eigenvalue weighted by atomic mass is 79.9. The standard InChI is InChI=1S/C15H21BrN4/c1-10(2)12-8-13-15(17-5-7-20(13)18-12)19-6-4-11(3)14(19)9-16/h5,7-8,10-11,14H,4,6,9H2,1-3H3. The SMILES string of the molecule is CC(C)c1cc2c(N3CCC(C)C3CBr)nccn2n1. The Morgan fingerprint density at radius 3 is 2.95 bits per heavy atom. The van der Waals surface area contributed by atoms with Crippen LogP contribution < -0.4 is 4.90 Å². The quantitative estimate of drug-likeness (QED) is 0.805. The van der Waals surface area contributed by atoms with Crippen molar-refractivity contribution in [2.24, 2.45) is 5.92 Å². The van der Waals surface area contributed by atoms with E-state index in [9.17, 15) is 0 Å². The van der Waals surface area contributed by atoms with Crippen molar-refractivity contribution in [2.75, 3.05) is 16.8 Å². The van der Waals surface area contributed by atoms with Crippen LogP contribution >= 0.6 is 15.9 Å². The summed E-state index contributed by atoms with van der Waals surface area (Å²) < 4.78 is 1.96. The average molecular weight is 337 g/mol. The van der Waals surface area contributed by atoms with E-state index < -0.39 is 0 Å². The molecule has 1 saturated heterocycles. The van der Waals surface area contributed by atoms with Gasteiger partial charge in [-0.3, -0.25) is 0 Å². The first-order chi connectivity index (χ1) is 9.61. The Morgan fingerprint density at radius 2 is 2.25 bits per heavy atom. The van der Waals surface area contributed by atoms with Gasteiger partial charge >= 0.3 is 0 Å². The molecule has 0 aliphatic carbocycles. The topological polar surface area (TPSA) is 33.4 Å². The second kappa shape index (κ2) is 5.35. The molecule has 1 fully saturated rings. The Bertz CT molecular complexity index is 607. The van der Waals surface area contributed by atoms with E-state index >= 15 is 0 Å². The van der Waals surface area contributed by atoms with Crippen LogP contribution in [0.4, 0.5) is 5.82 Å². The minimum atomic E-state index is 0.437. The van der Waals surface area contributed by atoms with E-state index in [2.05, 4.69) is 57.8 Å². The molecule has 5 heteroatoms. The van der Waals surface area contributed by atoms with Crippen molar-refractivity contribution < 1.29 is 0 Å². The molecule has 4 nitrogen and oxygen atoms in total. The number of alkyl halides is 1. The van der Waals surface area contributed by atoms with Crippen molar-refractivity contribution in [1.29, 1.82) is 0 Å². The molecule has 20 heavy (non-hydrogen) atoms. The van der Waals surface area contributed by atoms with Gasteiger partial charge in [-0.25, -0.2) is 9.50 Å². The van der Waals surface area contributed by atoms with Crippen LogP contribution in [-0.4, -0.2) is 32.5 Å². The number of rotatable bonds is 3. The van der Waals surface area contributed by atoms with E-state index in [1.807, 2.05) is 16.9 Å². The molecule has 0 amide bonds. The number of nitrogens with zero attached hydrogens (tertiary/aromatic N) is 4. The Morgan fingerprint density at radius 1 is 1.45 bits per heavy atom. The summed E-state index contributed by atoms with van der Waals surface area (Å²) in [7, 11) is 0. The fraction of sp³-hybridized carbons (Fsp3) is 0.600. The van der Waals surface area contributed by atoms with Crippen LogP contribution in [0.2, 0.25) is 0 Å². The van der Waals surface area contributed by atoms with Gasteiger partial charge in [-0.05, 0) is 24.3 Å². The molecule has 2 aromatic heterocycles. The number of hydrogen-bond donors (Lipinski definition) is 0. The van der Waals surface area contributed by atoms with Crippen LogP contribution in [0.15, 0.2) is 18.5 Å². The number of anilines is 1. The highest BCUT2D eigenvalue weighted by Gasteiger charge is 2.32. The van der Waals surface area contributed by atoms with Gasteiger partial charge in [0.05, 0.1) is 5.69 Å². The van der Waals surface area contributed by atoms with Crippen LogP contribution in [0.25, 0.3) is 5.52 Å². The molecule has 0 bridgehead atoms.